The lowest BCUT2D eigenvalue weighted by Gasteiger charge is -2.23. The molecule has 0 amide bonds. The molecule has 1 unspecified atom stereocenters. The summed E-state index contributed by atoms with van der Waals surface area (Å²) in [5.41, 5.74) is 16.2. The van der Waals surface area contributed by atoms with Crippen LogP contribution in [-0.2, 0) is 25.8 Å². The van der Waals surface area contributed by atoms with Gasteiger partial charge in [-0.05, 0) is 92.4 Å². The highest BCUT2D eigenvalue weighted by Crippen LogP contribution is 2.27. The maximum absolute atomic E-state index is 11.0. The molecule has 1 aromatic heterocycles. The fourth-order valence-electron chi connectivity index (χ4n) is 6.45. The number of hydrogen-bond donors (Lipinski definition) is 3. The minimum Gasteiger partial charge on any atom is -0.361 e. The highest BCUT2D eigenvalue weighted by Gasteiger charge is 2.16. The number of nitrogens with zero attached hydrogens (tertiary/aromatic N) is 2. The second-order valence-electron chi connectivity index (χ2n) is 12.5. The summed E-state index contributed by atoms with van der Waals surface area (Å²) in [6.07, 6.45) is 7.07. The molecule has 5 rings (SSSR count). The Morgan fingerprint density at radius 3 is 2.33 bits per heavy atom. The van der Waals surface area contributed by atoms with E-state index in [0.717, 1.165) is 63.8 Å². The number of fused-ring (bicyclic) bond motifs is 1. The number of aromatic nitrogens is 1. The maximum Gasteiger partial charge on any atom is 0.269 e. The van der Waals surface area contributed by atoms with Gasteiger partial charge in [0.2, 0.25) is 0 Å². The lowest BCUT2D eigenvalue weighted by molar-refractivity contribution is -0.384. The number of nitrogens with two attached hydrogens (primary N) is 1. The van der Waals surface area contributed by atoms with Crippen molar-refractivity contribution in [2.24, 2.45) is 5.73 Å². The molecule has 0 bridgehead atoms. The van der Waals surface area contributed by atoms with Gasteiger partial charge < -0.3 is 16.0 Å². The third-order valence-corrected chi connectivity index (χ3v) is 8.73. The van der Waals surface area contributed by atoms with Gasteiger partial charge in [-0.2, -0.15) is 0 Å². The molecule has 46 heavy (non-hydrogen) atoms. The molecule has 4 N–H and O–H groups in total. The van der Waals surface area contributed by atoms with Gasteiger partial charge in [0.05, 0.1) is 4.92 Å². The predicted molar refractivity (Wildman–Crippen MR) is 189 cm³/mol. The first kappa shape index (κ1) is 33.1. The molecule has 1 atom stereocenters. The summed E-state index contributed by atoms with van der Waals surface area (Å²) in [4.78, 5) is 16.7. The Balaban J connectivity index is 1.27. The summed E-state index contributed by atoms with van der Waals surface area (Å²) in [6, 6.07) is 31.5. The molecule has 4 aromatic carbocycles. The molecule has 7 heteroatoms. The first-order valence-corrected chi connectivity index (χ1v) is 16.5. The Hall–Kier alpha value is -4.30. The molecule has 0 spiro atoms. The molecule has 0 aliphatic rings. The van der Waals surface area contributed by atoms with E-state index in [1.165, 1.54) is 44.3 Å². The number of H-pyrrole nitrogens is 1. The fourth-order valence-corrected chi connectivity index (χ4v) is 6.45. The van der Waals surface area contributed by atoms with Crippen LogP contribution in [0.4, 0.5) is 5.69 Å². The van der Waals surface area contributed by atoms with Crippen LogP contribution in [0.3, 0.4) is 0 Å². The zero-order valence-corrected chi connectivity index (χ0v) is 27.2. The molecule has 1 heterocycles. The van der Waals surface area contributed by atoms with Crippen LogP contribution in [-0.4, -0.2) is 41.0 Å². The quantitative estimate of drug-likeness (QED) is 0.0567. The first-order valence-electron chi connectivity index (χ1n) is 16.5. The van der Waals surface area contributed by atoms with Crippen LogP contribution < -0.4 is 11.1 Å². The Bertz CT molecular complexity index is 1680. The topological polar surface area (TPSA) is 100 Å². The third kappa shape index (κ3) is 9.36. The van der Waals surface area contributed by atoms with Crippen LogP contribution in [0.2, 0.25) is 0 Å². The fraction of sp³-hybridized carbons (Fsp3) is 0.333. The summed E-state index contributed by atoms with van der Waals surface area (Å²) in [7, 11) is 0. The molecular weight excluding hydrogens is 570 g/mol. The lowest BCUT2D eigenvalue weighted by atomic mass is 9.95. The number of benzene rings is 4. The van der Waals surface area contributed by atoms with E-state index < -0.39 is 0 Å². The number of aromatic amines is 1. The van der Waals surface area contributed by atoms with Crippen molar-refractivity contribution in [2.45, 2.75) is 58.5 Å². The molecule has 0 saturated heterocycles. The van der Waals surface area contributed by atoms with Crippen molar-refractivity contribution < 1.29 is 4.92 Å². The van der Waals surface area contributed by atoms with Crippen molar-refractivity contribution in [1.29, 1.82) is 0 Å². The number of hydrogen-bond acceptors (Lipinski definition) is 5. The van der Waals surface area contributed by atoms with Crippen molar-refractivity contribution in [3.05, 3.63) is 146 Å². The Morgan fingerprint density at radius 2 is 1.61 bits per heavy atom. The Morgan fingerprint density at radius 1 is 0.848 bits per heavy atom. The van der Waals surface area contributed by atoms with Gasteiger partial charge in [0.1, 0.15) is 0 Å². The Labute approximate surface area is 273 Å². The van der Waals surface area contributed by atoms with Crippen molar-refractivity contribution >= 4 is 16.6 Å². The molecule has 0 radical (unpaired) electrons. The zero-order chi connectivity index (χ0) is 32.3. The lowest BCUT2D eigenvalue weighted by Crippen LogP contribution is -2.28. The number of non-ortho nitro benzene ring substituents is 1. The first-order chi connectivity index (χ1) is 22.4. The van der Waals surface area contributed by atoms with E-state index in [0.29, 0.717) is 6.54 Å². The minimum atomic E-state index is -0.344. The van der Waals surface area contributed by atoms with E-state index in [1.54, 1.807) is 12.1 Å². The summed E-state index contributed by atoms with van der Waals surface area (Å²) in [6.45, 7) is 8.57. The van der Waals surface area contributed by atoms with E-state index in [-0.39, 0.29) is 16.7 Å². The smallest absolute Gasteiger partial charge is 0.269 e. The van der Waals surface area contributed by atoms with Gasteiger partial charge in [-0.15, -0.1) is 0 Å². The second-order valence-corrected chi connectivity index (χ2v) is 12.5. The SMILES string of the molecule is Cc1cc(C)cc(CC(NCCN)c2ccc3[nH]cc(CCN(CCCCc4ccc([N+](=O)[O-])cc4)Cc4ccccc4)c3c2)c1. The molecule has 0 aliphatic heterocycles. The minimum absolute atomic E-state index is 0.144. The van der Waals surface area contributed by atoms with Crippen LogP contribution in [0.25, 0.3) is 10.9 Å². The van der Waals surface area contributed by atoms with E-state index in [2.05, 4.69) is 102 Å². The summed E-state index contributed by atoms with van der Waals surface area (Å²) in [5.74, 6) is 0. The zero-order valence-electron chi connectivity index (χ0n) is 27.2. The maximum atomic E-state index is 11.0. The van der Waals surface area contributed by atoms with Crippen LogP contribution in [0, 0.1) is 24.0 Å². The van der Waals surface area contributed by atoms with Gasteiger partial charge in [0, 0.05) is 61.5 Å². The molecular formula is C39H47N5O2. The van der Waals surface area contributed by atoms with Crippen LogP contribution >= 0.6 is 0 Å². The molecule has 0 saturated carbocycles. The number of aryl methyl sites for hydroxylation is 3. The van der Waals surface area contributed by atoms with Gasteiger partial charge in [-0.1, -0.05) is 77.9 Å². The highest BCUT2D eigenvalue weighted by atomic mass is 16.6. The highest BCUT2D eigenvalue weighted by molar-refractivity contribution is 5.84. The van der Waals surface area contributed by atoms with Crippen LogP contribution in [0.15, 0.2) is 97.2 Å². The predicted octanol–water partition coefficient (Wildman–Crippen LogP) is 7.59. The van der Waals surface area contributed by atoms with Gasteiger partial charge in [-0.25, -0.2) is 0 Å². The average Bonchev–Trinajstić information content (AvgIpc) is 3.46. The number of nitro benzene ring substituents is 1. The second kappa shape index (κ2) is 16.3. The third-order valence-electron chi connectivity index (χ3n) is 8.73. The number of nitrogens with one attached hydrogen (secondary N) is 2. The normalized spacial score (nSPS) is 12.2. The van der Waals surface area contributed by atoms with E-state index in [1.807, 2.05) is 12.1 Å². The standard InChI is InChI=1S/C39H47N5O2/c1-29-22-30(2)24-33(23-29)25-39(41-19-18-40)34-13-16-38-37(26-34)35(27-42-38)17-21-43(28-32-9-4-3-5-10-32)20-7-6-8-31-11-14-36(15-12-31)44(45)46/h3-5,9-16,22-24,26-27,39,41-42H,6-8,17-21,25,28,40H2,1-2H3. The monoisotopic (exact) mass is 617 g/mol. The van der Waals surface area contributed by atoms with Crippen molar-refractivity contribution in [3.63, 3.8) is 0 Å². The van der Waals surface area contributed by atoms with E-state index >= 15 is 0 Å². The number of rotatable bonds is 17. The van der Waals surface area contributed by atoms with Crippen LogP contribution in [0.1, 0.15) is 57.8 Å². The molecule has 7 nitrogen and oxygen atoms in total. The number of nitro groups is 1. The number of unbranched alkanes of at least 4 members (excludes halogenated alkanes) is 1. The molecule has 5 aromatic rings. The van der Waals surface area contributed by atoms with Gasteiger partial charge in [0.15, 0.2) is 0 Å². The molecule has 240 valence electrons. The van der Waals surface area contributed by atoms with Crippen LogP contribution in [0.5, 0.6) is 0 Å². The van der Waals surface area contributed by atoms with Crippen molar-refractivity contribution in [2.75, 3.05) is 26.2 Å². The van der Waals surface area contributed by atoms with Crippen molar-refractivity contribution in [1.82, 2.24) is 15.2 Å². The van der Waals surface area contributed by atoms with Gasteiger partial charge in [-0.3, -0.25) is 15.0 Å². The summed E-state index contributed by atoms with van der Waals surface area (Å²) < 4.78 is 0. The van der Waals surface area contributed by atoms with Crippen molar-refractivity contribution in [3.8, 4) is 0 Å². The summed E-state index contributed by atoms with van der Waals surface area (Å²) >= 11 is 0. The largest absolute Gasteiger partial charge is 0.361 e. The Kier molecular flexibility index (Phi) is 11.7. The van der Waals surface area contributed by atoms with Gasteiger partial charge >= 0.3 is 0 Å². The molecule has 0 fully saturated rings. The average molecular weight is 618 g/mol. The van der Waals surface area contributed by atoms with E-state index in [4.69, 9.17) is 5.73 Å². The molecule has 0 aliphatic carbocycles. The van der Waals surface area contributed by atoms with Gasteiger partial charge in [0.25, 0.3) is 5.69 Å². The van der Waals surface area contributed by atoms with E-state index in [9.17, 15) is 10.1 Å². The summed E-state index contributed by atoms with van der Waals surface area (Å²) in [5, 5.41) is 16.0.